The molecule has 2 N–H and O–H groups in total. The molecule has 1 aromatic rings. The Labute approximate surface area is 105 Å². The van der Waals surface area contributed by atoms with Gasteiger partial charge in [0.1, 0.15) is 0 Å². The van der Waals surface area contributed by atoms with Crippen molar-refractivity contribution in [3.8, 4) is 0 Å². The van der Waals surface area contributed by atoms with Gasteiger partial charge in [-0.2, -0.15) is 0 Å². The van der Waals surface area contributed by atoms with E-state index >= 15 is 0 Å². The lowest BCUT2D eigenvalue weighted by molar-refractivity contribution is 0.494. The third-order valence-corrected chi connectivity index (χ3v) is 4.55. The maximum absolute atomic E-state index is 6.06. The number of anilines is 2. The predicted molar refractivity (Wildman–Crippen MR) is 71.6 cm³/mol. The van der Waals surface area contributed by atoms with Crippen LogP contribution >= 0.6 is 15.9 Å². The van der Waals surface area contributed by atoms with Gasteiger partial charge in [-0.3, -0.25) is 0 Å². The lowest BCUT2D eigenvalue weighted by Gasteiger charge is -2.21. The molecule has 1 aromatic carbocycles. The maximum atomic E-state index is 6.06. The number of rotatable bonds is 1. The molecule has 3 heteroatoms. The van der Waals surface area contributed by atoms with Crippen molar-refractivity contribution in [1.82, 2.24) is 0 Å². The van der Waals surface area contributed by atoms with Crippen LogP contribution in [0.2, 0.25) is 0 Å². The summed E-state index contributed by atoms with van der Waals surface area (Å²) in [4.78, 5) is 2.47. The molecule has 0 radical (unpaired) electrons. The molecule has 2 fully saturated rings. The zero-order chi connectivity index (χ0) is 11.1. The maximum Gasteiger partial charge on any atom is 0.0611 e. The van der Waals surface area contributed by atoms with Crippen LogP contribution in [0, 0.1) is 11.8 Å². The van der Waals surface area contributed by atoms with E-state index in [-0.39, 0.29) is 0 Å². The standard InChI is InChI=1S/C13H17BrN2/c14-11-4-5-12(15)13(6-11)16-7-9-2-1-3-10(9)8-16/h4-6,9-10H,1-3,7-8,15H2. The van der Waals surface area contributed by atoms with Gasteiger partial charge in [0.25, 0.3) is 0 Å². The second-order valence-electron chi connectivity index (χ2n) is 5.06. The summed E-state index contributed by atoms with van der Waals surface area (Å²) in [5.41, 5.74) is 8.17. The van der Waals surface area contributed by atoms with Gasteiger partial charge in [0, 0.05) is 17.6 Å². The van der Waals surface area contributed by atoms with Crippen LogP contribution in [-0.4, -0.2) is 13.1 Å². The topological polar surface area (TPSA) is 29.3 Å². The number of nitrogen functional groups attached to an aromatic ring is 1. The zero-order valence-corrected chi connectivity index (χ0v) is 10.9. The molecular weight excluding hydrogens is 264 g/mol. The molecule has 86 valence electrons. The van der Waals surface area contributed by atoms with E-state index in [1.165, 1.54) is 38.0 Å². The first-order valence-corrected chi connectivity index (χ1v) is 6.83. The molecular formula is C13H17BrN2. The van der Waals surface area contributed by atoms with Crippen molar-refractivity contribution in [2.24, 2.45) is 11.8 Å². The number of benzene rings is 1. The Morgan fingerprint density at radius 3 is 2.56 bits per heavy atom. The van der Waals surface area contributed by atoms with E-state index in [4.69, 9.17) is 5.73 Å². The quantitative estimate of drug-likeness (QED) is 0.800. The van der Waals surface area contributed by atoms with Gasteiger partial charge in [0.15, 0.2) is 0 Å². The van der Waals surface area contributed by atoms with Crippen LogP contribution in [-0.2, 0) is 0 Å². The fourth-order valence-corrected chi connectivity index (χ4v) is 3.57. The molecule has 1 saturated heterocycles. The third-order valence-electron chi connectivity index (χ3n) is 4.06. The molecule has 1 heterocycles. The highest BCUT2D eigenvalue weighted by molar-refractivity contribution is 9.10. The minimum Gasteiger partial charge on any atom is -0.397 e. The number of nitrogens with two attached hydrogens (primary N) is 1. The van der Waals surface area contributed by atoms with E-state index in [0.29, 0.717) is 0 Å². The summed E-state index contributed by atoms with van der Waals surface area (Å²) in [6.07, 6.45) is 4.25. The lowest BCUT2D eigenvalue weighted by Crippen LogP contribution is -2.21. The van der Waals surface area contributed by atoms with Crippen molar-refractivity contribution in [3.05, 3.63) is 22.7 Å². The second-order valence-corrected chi connectivity index (χ2v) is 5.97. The fraction of sp³-hybridized carbons (Fsp3) is 0.538. The number of hydrogen-bond acceptors (Lipinski definition) is 2. The van der Waals surface area contributed by atoms with Crippen LogP contribution in [0.25, 0.3) is 0 Å². The smallest absolute Gasteiger partial charge is 0.0611 e. The Morgan fingerprint density at radius 2 is 1.88 bits per heavy atom. The van der Waals surface area contributed by atoms with Crippen LogP contribution in [0.4, 0.5) is 11.4 Å². The van der Waals surface area contributed by atoms with Gasteiger partial charge in [-0.15, -0.1) is 0 Å². The van der Waals surface area contributed by atoms with Crippen molar-refractivity contribution < 1.29 is 0 Å². The molecule has 2 aliphatic rings. The van der Waals surface area contributed by atoms with E-state index in [2.05, 4.69) is 26.9 Å². The zero-order valence-electron chi connectivity index (χ0n) is 9.32. The Hall–Kier alpha value is -0.700. The van der Waals surface area contributed by atoms with Crippen LogP contribution in [0.3, 0.4) is 0 Å². The van der Waals surface area contributed by atoms with Gasteiger partial charge in [-0.05, 0) is 42.9 Å². The Kier molecular flexibility index (Phi) is 2.58. The summed E-state index contributed by atoms with van der Waals surface area (Å²) in [5.74, 6) is 1.83. The highest BCUT2D eigenvalue weighted by Crippen LogP contribution is 2.41. The van der Waals surface area contributed by atoms with E-state index in [1.807, 2.05) is 12.1 Å². The van der Waals surface area contributed by atoms with Crippen LogP contribution in [0.5, 0.6) is 0 Å². The summed E-state index contributed by atoms with van der Waals surface area (Å²) >= 11 is 3.52. The van der Waals surface area contributed by atoms with E-state index in [9.17, 15) is 0 Å². The third kappa shape index (κ3) is 1.71. The van der Waals surface area contributed by atoms with Crippen LogP contribution in [0.15, 0.2) is 22.7 Å². The van der Waals surface area contributed by atoms with E-state index in [1.54, 1.807) is 0 Å². The Bertz CT molecular complexity index is 393. The molecule has 0 aromatic heterocycles. The summed E-state index contributed by atoms with van der Waals surface area (Å²) in [5, 5.41) is 0. The fourth-order valence-electron chi connectivity index (χ4n) is 3.22. The SMILES string of the molecule is Nc1ccc(Br)cc1N1CC2CCCC2C1. The molecule has 0 amide bonds. The molecule has 2 atom stereocenters. The van der Waals surface area contributed by atoms with Crippen LogP contribution in [0.1, 0.15) is 19.3 Å². The molecule has 1 aliphatic carbocycles. The first kappa shape index (κ1) is 10.5. The highest BCUT2D eigenvalue weighted by atomic mass is 79.9. The first-order valence-electron chi connectivity index (χ1n) is 6.04. The van der Waals surface area contributed by atoms with E-state index in [0.717, 1.165) is 22.0 Å². The minimum atomic E-state index is 0.906. The molecule has 3 rings (SSSR count). The average molecular weight is 281 g/mol. The van der Waals surface area contributed by atoms with Gasteiger partial charge in [-0.25, -0.2) is 0 Å². The van der Waals surface area contributed by atoms with Gasteiger partial charge < -0.3 is 10.6 Å². The number of fused-ring (bicyclic) bond motifs is 1. The van der Waals surface area contributed by atoms with Crippen molar-refractivity contribution in [1.29, 1.82) is 0 Å². The van der Waals surface area contributed by atoms with Gasteiger partial charge in [0.2, 0.25) is 0 Å². The normalized spacial score (nSPS) is 28.4. The second kappa shape index (κ2) is 3.95. The minimum absolute atomic E-state index is 0.906. The van der Waals surface area contributed by atoms with Crippen molar-refractivity contribution >= 4 is 27.3 Å². The average Bonchev–Trinajstić information content (AvgIpc) is 2.81. The number of hydrogen-bond donors (Lipinski definition) is 1. The first-order chi connectivity index (χ1) is 7.74. The molecule has 2 unspecified atom stereocenters. The summed E-state index contributed by atoms with van der Waals surface area (Å²) in [6.45, 7) is 2.40. The van der Waals surface area contributed by atoms with Crippen molar-refractivity contribution in [2.75, 3.05) is 23.7 Å². The number of halogens is 1. The molecule has 16 heavy (non-hydrogen) atoms. The van der Waals surface area contributed by atoms with E-state index < -0.39 is 0 Å². The summed E-state index contributed by atoms with van der Waals surface area (Å²) in [6, 6.07) is 6.15. The lowest BCUT2D eigenvalue weighted by atomic mass is 10.0. The van der Waals surface area contributed by atoms with Gasteiger partial charge >= 0.3 is 0 Å². The molecule has 0 spiro atoms. The molecule has 2 nitrogen and oxygen atoms in total. The monoisotopic (exact) mass is 280 g/mol. The number of nitrogens with zero attached hydrogens (tertiary/aromatic N) is 1. The summed E-state index contributed by atoms with van der Waals surface area (Å²) in [7, 11) is 0. The molecule has 1 aliphatic heterocycles. The van der Waals surface area contributed by atoms with Crippen molar-refractivity contribution in [3.63, 3.8) is 0 Å². The predicted octanol–water partition coefficient (Wildman–Crippen LogP) is 3.27. The Morgan fingerprint density at radius 1 is 1.19 bits per heavy atom. The molecule has 1 saturated carbocycles. The summed E-state index contributed by atoms with van der Waals surface area (Å²) < 4.78 is 1.12. The molecule has 0 bridgehead atoms. The van der Waals surface area contributed by atoms with Crippen LogP contribution < -0.4 is 10.6 Å². The van der Waals surface area contributed by atoms with Gasteiger partial charge in [0.05, 0.1) is 11.4 Å². The Balaban J connectivity index is 1.85. The van der Waals surface area contributed by atoms with Gasteiger partial charge in [-0.1, -0.05) is 22.4 Å². The largest absolute Gasteiger partial charge is 0.397 e. The highest BCUT2D eigenvalue weighted by Gasteiger charge is 2.36. The van der Waals surface area contributed by atoms with Crippen molar-refractivity contribution in [2.45, 2.75) is 19.3 Å².